The molecule has 3 heterocycles. The molecule has 0 aliphatic carbocycles. The van der Waals surface area contributed by atoms with Crippen LogP contribution in [0, 0.1) is 27.7 Å². The lowest BCUT2D eigenvalue weighted by Gasteiger charge is -2.17. The average molecular weight is 388 g/mol. The van der Waals surface area contributed by atoms with Crippen LogP contribution in [0.25, 0.3) is 5.78 Å². The first-order valence-corrected chi connectivity index (χ1v) is 9.84. The highest BCUT2D eigenvalue weighted by molar-refractivity contribution is 7.99. The van der Waals surface area contributed by atoms with Crippen LogP contribution >= 0.6 is 11.8 Å². The van der Waals surface area contributed by atoms with Gasteiger partial charge in [0.15, 0.2) is 5.78 Å². The summed E-state index contributed by atoms with van der Waals surface area (Å²) in [6.07, 6.45) is 0. The van der Waals surface area contributed by atoms with Crippen LogP contribution in [0.1, 0.15) is 46.1 Å². The van der Waals surface area contributed by atoms with Gasteiger partial charge in [0.1, 0.15) is 0 Å². The van der Waals surface area contributed by atoms with Crippen LogP contribution in [0.3, 0.4) is 0 Å². The maximum Gasteiger partial charge on any atom is 0.253 e. The van der Waals surface area contributed by atoms with Crippen LogP contribution in [0.15, 0.2) is 17.3 Å². The van der Waals surface area contributed by atoms with Gasteiger partial charge in [-0.1, -0.05) is 11.8 Å². The molecule has 0 fully saturated rings. The Kier molecular flexibility index (Phi) is 5.67. The molecule has 0 radical (unpaired) electrons. The van der Waals surface area contributed by atoms with Crippen molar-refractivity contribution in [2.45, 2.75) is 45.8 Å². The molecule has 3 rings (SSSR count). The van der Waals surface area contributed by atoms with E-state index in [0.29, 0.717) is 17.5 Å². The lowest BCUT2D eigenvalue weighted by atomic mass is 10.2. The number of hydrogen-bond donors (Lipinski definition) is 0. The number of carbonyl (C=O) groups is 1. The lowest BCUT2D eigenvalue weighted by molar-refractivity contribution is 0.102. The van der Waals surface area contributed by atoms with Crippen LogP contribution in [0.5, 0.6) is 0 Å². The van der Waals surface area contributed by atoms with E-state index in [4.69, 9.17) is 4.74 Å². The quantitative estimate of drug-likeness (QED) is 0.457. The van der Waals surface area contributed by atoms with E-state index in [2.05, 4.69) is 26.6 Å². The molecule has 7 nitrogen and oxygen atoms in total. The highest BCUT2D eigenvalue weighted by atomic mass is 32.2. The minimum absolute atomic E-state index is 0.0729. The van der Waals surface area contributed by atoms with Crippen LogP contribution < -0.4 is 0 Å². The van der Waals surface area contributed by atoms with Gasteiger partial charge in [0, 0.05) is 35.4 Å². The molecule has 8 heteroatoms. The first-order valence-electron chi connectivity index (χ1n) is 8.86. The van der Waals surface area contributed by atoms with E-state index in [-0.39, 0.29) is 17.6 Å². The molecule has 0 unspecified atom stereocenters. The van der Waals surface area contributed by atoms with Gasteiger partial charge in [-0.05, 0) is 46.8 Å². The van der Waals surface area contributed by atoms with Gasteiger partial charge in [-0.15, -0.1) is 5.10 Å². The fraction of sp³-hybridized carbons (Fsp3) is 0.474. The molecule has 0 saturated carbocycles. The molecule has 0 aliphatic rings. The monoisotopic (exact) mass is 387 g/mol. The first kappa shape index (κ1) is 19.6. The SMILES string of the molecule is COC[C@@H](C)n1c(C)cc(C(=O)CSc2nc3nc(C)cc(C)n3n2)c1C. The molecule has 3 aromatic rings. The number of ketones is 1. The van der Waals surface area contributed by atoms with E-state index < -0.39 is 0 Å². The predicted octanol–water partition coefficient (Wildman–Crippen LogP) is 3.34. The second-order valence-electron chi connectivity index (χ2n) is 6.82. The molecule has 0 saturated heterocycles. The normalized spacial score (nSPS) is 12.7. The zero-order chi connectivity index (χ0) is 19.7. The first-order chi connectivity index (χ1) is 12.8. The summed E-state index contributed by atoms with van der Waals surface area (Å²) < 4.78 is 9.12. The largest absolute Gasteiger partial charge is 0.383 e. The Balaban J connectivity index is 1.77. The smallest absolute Gasteiger partial charge is 0.253 e. The van der Waals surface area contributed by atoms with Gasteiger partial charge >= 0.3 is 0 Å². The highest BCUT2D eigenvalue weighted by Gasteiger charge is 2.19. The summed E-state index contributed by atoms with van der Waals surface area (Å²) in [7, 11) is 1.69. The summed E-state index contributed by atoms with van der Waals surface area (Å²) >= 11 is 1.34. The fourth-order valence-electron chi connectivity index (χ4n) is 3.47. The van der Waals surface area contributed by atoms with Gasteiger partial charge in [-0.25, -0.2) is 9.50 Å². The molecule has 144 valence electrons. The Morgan fingerprint density at radius 2 is 1.93 bits per heavy atom. The summed E-state index contributed by atoms with van der Waals surface area (Å²) in [4.78, 5) is 21.6. The summed E-state index contributed by atoms with van der Waals surface area (Å²) in [5.41, 5.74) is 4.65. The number of ether oxygens (including phenoxy) is 1. The molecule has 27 heavy (non-hydrogen) atoms. The van der Waals surface area contributed by atoms with E-state index in [9.17, 15) is 4.79 Å². The third-order valence-corrected chi connectivity index (χ3v) is 5.40. The van der Waals surface area contributed by atoms with E-state index >= 15 is 0 Å². The molecular weight excluding hydrogens is 362 g/mol. The van der Waals surface area contributed by atoms with Crippen LogP contribution in [0.4, 0.5) is 0 Å². The molecule has 0 spiro atoms. The second kappa shape index (κ2) is 7.82. The van der Waals surface area contributed by atoms with Crippen molar-refractivity contribution in [1.29, 1.82) is 0 Å². The predicted molar refractivity (Wildman–Crippen MR) is 106 cm³/mol. The van der Waals surface area contributed by atoms with Crippen molar-refractivity contribution < 1.29 is 9.53 Å². The van der Waals surface area contributed by atoms with Crippen molar-refractivity contribution in [3.05, 3.63) is 40.5 Å². The van der Waals surface area contributed by atoms with Gasteiger partial charge < -0.3 is 9.30 Å². The summed E-state index contributed by atoms with van der Waals surface area (Å²) in [6.45, 7) is 10.6. The number of methoxy groups -OCH3 is 1. The minimum Gasteiger partial charge on any atom is -0.383 e. The van der Waals surface area contributed by atoms with Crippen LogP contribution in [-0.2, 0) is 4.74 Å². The number of aromatic nitrogens is 5. The van der Waals surface area contributed by atoms with E-state index in [1.54, 1.807) is 11.6 Å². The van der Waals surface area contributed by atoms with E-state index in [0.717, 1.165) is 28.3 Å². The Morgan fingerprint density at radius 3 is 2.63 bits per heavy atom. The number of Topliss-reactive ketones (excluding diaryl/α,β-unsaturated/α-hetero) is 1. The minimum atomic E-state index is 0.0729. The Morgan fingerprint density at radius 1 is 1.19 bits per heavy atom. The third kappa shape index (κ3) is 3.91. The average Bonchev–Trinajstić information content (AvgIpc) is 3.13. The van der Waals surface area contributed by atoms with Gasteiger partial charge in [0.25, 0.3) is 5.78 Å². The molecule has 0 aliphatic heterocycles. The molecule has 0 amide bonds. The maximum absolute atomic E-state index is 12.8. The van der Waals surface area contributed by atoms with Crippen molar-refractivity contribution in [3.8, 4) is 0 Å². The second-order valence-corrected chi connectivity index (χ2v) is 7.76. The molecule has 1 atom stereocenters. The van der Waals surface area contributed by atoms with Gasteiger partial charge in [0.05, 0.1) is 18.4 Å². The van der Waals surface area contributed by atoms with Crippen LogP contribution in [-0.4, -0.2) is 49.4 Å². The summed E-state index contributed by atoms with van der Waals surface area (Å²) in [5, 5.41) is 5.01. The number of thioether (sulfide) groups is 1. The summed E-state index contributed by atoms with van der Waals surface area (Å²) in [5.74, 6) is 0.926. The number of rotatable bonds is 7. The van der Waals surface area contributed by atoms with Crippen molar-refractivity contribution in [2.24, 2.45) is 0 Å². The zero-order valence-corrected chi connectivity index (χ0v) is 17.4. The number of nitrogens with zero attached hydrogens (tertiary/aromatic N) is 5. The standard InChI is InChI=1S/C19H25N5O2S/c1-11-7-13(3)24-18(20-11)21-19(22-24)27-10-17(25)16-8-12(2)23(15(16)5)14(4)9-26-6/h7-8,14H,9-10H2,1-6H3/t14-/m1/s1. The maximum atomic E-state index is 12.8. The Bertz CT molecular complexity index is 992. The fourth-order valence-corrected chi connectivity index (χ4v) is 4.17. The van der Waals surface area contributed by atoms with Crippen LogP contribution in [0.2, 0.25) is 0 Å². The van der Waals surface area contributed by atoms with E-state index in [1.165, 1.54) is 11.8 Å². The zero-order valence-electron chi connectivity index (χ0n) is 16.6. The van der Waals surface area contributed by atoms with Gasteiger partial charge in [-0.3, -0.25) is 4.79 Å². The molecule has 0 N–H and O–H groups in total. The lowest BCUT2D eigenvalue weighted by Crippen LogP contribution is -2.14. The molecule has 0 bridgehead atoms. The highest BCUT2D eigenvalue weighted by Crippen LogP contribution is 2.23. The number of hydrogen-bond acceptors (Lipinski definition) is 6. The topological polar surface area (TPSA) is 74.3 Å². The van der Waals surface area contributed by atoms with Crippen molar-refractivity contribution in [2.75, 3.05) is 19.5 Å². The Hall–Kier alpha value is -2.19. The molecule has 0 aromatic carbocycles. The Labute approximate surface area is 163 Å². The third-order valence-electron chi connectivity index (χ3n) is 4.56. The molecular formula is C19H25N5O2S. The van der Waals surface area contributed by atoms with Gasteiger partial charge in [0.2, 0.25) is 5.16 Å². The van der Waals surface area contributed by atoms with E-state index in [1.807, 2.05) is 39.8 Å². The van der Waals surface area contributed by atoms with Crippen molar-refractivity contribution >= 4 is 23.3 Å². The number of carbonyl (C=O) groups excluding carboxylic acids is 1. The van der Waals surface area contributed by atoms with Crippen molar-refractivity contribution in [3.63, 3.8) is 0 Å². The number of aryl methyl sites for hydroxylation is 3. The number of fused-ring (bicyclic) bond motifs is 1. The molecule has 3 aromatic heterocycles. The summed E-state index contributed by atoms with van der Waals surface area (Å²) in [6, 6.07) is 4.09. The van der Waals surface area contributed by atoms with Gasteiger partial charge in [-0.2, -0.15) is 4.98 Å². The van der Waals surface area contributed by atoms with Crippen molar-refractivity contribution in [1.82, 2.24) is 24.1 Å².